The molecule has 0 atom stereocenters. The third-order valence-electron chi connectivity index (χ3n) is 3.27. The van der Waals surface area contributed by atoms with Gasteiger partial charge in [-0.2, -0.15) is 0 Å². The molecule has 4 heteroatoms. The second kappa shape index (κ2) is 5.71. The van der Waals surface area contributed by atoms with Gasteiger partial charge in [-0.25, -0.2) is 4.68 Å². The quantitative estimate of drug-likeness (QED) is 0.689. The molecule has 0 N–H and O–H groups in total. The Kier molecular flexibility index (Phi) is 3.60. The minimum absolute atomic E-state index is 0.106. The van der Waals surface area contributed by atoms with E-state index in [1.165, 1.54) is 5.56 Å². The summed E-state index contributed by atoms with van der Waals surface area (Å²) in [6.45, 7) is 2.66. The number of ketones is 1. The largest absolute Gasteiger partial charge is 0.287 e. The molecule has 3 aromatic rings. The fourth-order valence-corrected chi connectivity index (χ4v) is 2.10. The predicted octanol–water partition coefficient (Wildman–Crippen LogP) is 2.87. The zero-order valence-corrected chi connectivity index (χ0v) is 11.7. The van der Waals surface area contributed by atoms with Crippen LogP contribution < -0.4 is 0 Å². The van der Waals surface area contributed by atoms with E-state index in [0.29, 0.717) is 17.8 Å². The number of carbonyl (C=O) groups excluding carboxylic acids is 1. The number of rotatable bonds is 4. The number of aryl methyl sites for hydroxylation is 1. The van der Waals surface area contributed by atoms with Crippen molar-refractivity contribution in [3.63, 3.8) is 0 Å². The molecule has 3 rings (SSSR count). The summed E-state index contributed by atoms with van der Waals surface area (Å²) in [4.78, 5) is 12.2. The van der Waals surface area contributed by atoms with Crippen LogP contribution in [-0.2, 0) is 6.54 Å². The number of nitrogens with zero attached hydrogens (tertiary/aromatic N) is 3. The zero-order chi connectivity index (χ0) is 14.7. The van der Waals surface area contributed by atoms with E-state index in [9.17, 15) is 4.79 Å². The summed E-state index contributed by atoms with van der Waals surface area (Å²) in [5.74, 6) is -0.106. The molecule has 0 unspecified atom stereocenters. The van der Waals surface area contributed by atoms with Gasteiger partial charge in [0.1, 0.15) is 0 Å². The Labute approximate surface area is 123 Å². The monoisotopic (exact) mass is 277 g/mol. The van der Waals surface area contributed by atoms with E-state index in [2.05, 4.69) is 41.5 Å². The molecule has 1 aromatic heterocycles. The van der Waals surface area contributed by atoms with Crippen LogP contribution in [0.15, 0.2) is 60.8 Å². The van der Waals surface area contributed by atoms with Crippen molar-refractivity contribution in [2.45, 2.75) is 13.5 Å². The second-order valence-corrected chi connectivity index (χ2v) is 4.98. The number of hydrogen-bond acceptors (Lipinski definition) is 3. The van der Waals surface area contributed by atoms with Gasteiger partial charge >= 0.3 is 0 Å². The van der Waals surface area contributed by atoms with Crippen LogP contribution in [0, 0.1) is 6.92 Å². The molecule has 0 amide bonds. The number of hydrogen-bond donors (Lipinski definition) is 0. The molecule has 0 saturated carbocycles. The van der Waals surface area contributed by atoms with Crippen LogP contribution in [-0.4, -0.2) is 20.8 Å². The Hall–Kier alpha value is -2.75. The molecule has 2 aromatic carbocycles. The van der Waals surface area contributed by atoms with Crippen molar-refractivity contribution in [1.29, 1.82) is 0 Å². The Morgan fingerprint density at radius 2 is 1.76 bits per heavy atom. The lowest BCUT2D eigenvalue weighted by molar-refractivity contribution is 0.103. The predicted molar refractivity (Wildman–Crippen MR) is 80.2 cm³/mol. The number of carbonyl (C=O) groups is 1. The maximum absolute atomic E-state index is 12.2. The van der Waals surface area contributed by atoms with Crippen LogP contribution in [0.5, 0.6) is 0 Å². The highest BCUT2D eigenvalue weighted by Crippen LogP contribution is 2.08. The second-order valence-electron chi connectivity index (χ2n) is 4.98. The van der Waals surface area contributed by atoms with Crippen LogP contribution in [0.25, 0.3) is 0 Å². The SMILES string of the molecule is Cc1ccc(Cn2cc(C(=O)c3ccccc3)nn2)cc1. The van der Waals surface area contributed by atoms with Crippen LogP contribution in [0.3, 0.4) is 0 Å². The van der Waals surface area contributed by atoms with Gasteiger partial charge in [0.2, 0.25) is 5.78 Å². The van der Waals surface area contributed by atoms with Crippen molar-refractivity contribution >= 4 is 5.78 Å². The summed E-state index contributed by atoms with van der Waals surface area (Å²) >= 11 is 0. The van der Waals surface area contributed by atoms with Crippen LogP contribution in [0.2, 0.25) is 0 Å². The highest BCUT2D eigenvalue weighted by atomic mass is 16.1. The normalized spacial score (nSPS) is 10.5. The molecule has 0 saturated heterocycles. The first-order chi connectivity index (χ1) is 10.2. The van der Waals surface area contributed by atoms with E-state index in [-0.39, 0.29) is 5.78 Å². The van der Waals surface area contributed by atoms with Gasteiger partial charge in [-0.05, 0) is 12.5 Å². The van der Waals surface area contributed by atoms with E-state index >= 15 is 0 Å². The van der Waals surface area contributed by atoms with Crippen molar-refractivity contribution in [1.82, 2.24) is 15.0 Å². The van der Waals surface area contributed by atoms with Crippen LogP contribution in [0.1, 0.15) is 27.2 Å². The van der Waals surface area contributed by atoms with Crippen molar-refractivity contribution in [3.8, 4) is 0 Å². The Morgan fingerprint density at radius 3 is 2.48 bits per heavy atom. The highest BCUT2D eigenvalue weighted by Gasteiger charge is 2.12. The van der Waals surface area contributed by atoms with Gasteiger partial charge in [0.25, 0.3) is 0 Å². The molecule has 0 fully saturated rings. The number of aromatic nitrogens is 3. The first kappa shape index (κ1) is 13.2. The smallest absolute Gasteiger partial charge is 0.214 e. The summed E-state index contributed by atoms with van der Waals surface area (Å²) in [6, 6.07) is 17.3. The van der Waals surface area contributed by atoms with E-state index in [1.54, 1.807) is 23.0 Å². The Morgan fingerprint density at radius 1 is 1.05 bits per heavy atom. The molecule has 0 radical (unpaired) electrons. The van der Waals surface area contributed by atoms with E-state index in [1.807, 2.05) is 18.2 Å². The van der Waals surface area contributed by atoms with E-state index in [4.69, 9.17) is 0 Å². The molecule has 21 heavy (non-hydrogen) atoms. The van der Waals surface area contributed by atoms with Crippen molar-refractivity contribution < 1.29 is 4.79 Å². The number of benzene rings is 2. The first-order valence-electron chi connectivity index (χ1n) is 6.78. The molecule has 0 aliphatic carbocycles. The molecule has 0 aliphatic rings. The average molecular weight is 277 g/mol. The van der Waals surface area contributed by atoms with E-state index < -0.39 is 0 Å². The average Bonchev–Trinajstić information content (AvgIpc) is 2.98. The lowest BCUT2D eigenvalue weighted by atomic mass is 10.1. The Balaban J connectivity index is 1.77. The minimum Gasteiger partial charge on any atom is -0.287 e. The van der Waals surface area contributed by atoms with Crippen LogP contribution in [0.4, 0.5) is 0 Å². The van der Waals surface area contributed by atoms with Gasteiger partial charge < -0.3 is 0 Å². The third kappa shape index (κ3) is 3.05. The molecule has 4 nitrogen and oxygen atoms in total. The summed E-state index contributed by atoms with van der Waals surface area (Å²) < 4.78 is 1.68. The molecule has 0 spiro atoms. The molecule has 0 aliphatic heterocycles. The molecule has 0 bridgehead atoms. The fourth-order valence-electron chi connectivity index (χ4n) is 2.10. The van der Waals surface area contributed by atoms with Gasteiger partial charge in [0, 0.05) is 5.56 Å². The van der Waals surface area contributed by atoms with Gasteiger partial charge in [0.15, 0.2) is 5.69 Å². The zero-order valence-electron chi connectivity index (χ0n) is 11.7. The lowest BCUT2D eigenvalue weighted by Crippen LogP contribution is -2.02. The van der Waals surface area contributed by atoms with Crippen molar-refractivity contribution in [3.05, 3.63) is 83.2 Å². The summed E-state index contributed by atoms with van der Waals surface area (Å²) in [5, 5.41) is 8.00. The standard InChI is InChI=1S/C17H15N3O/c1-13-7-9-14(10-8-13)11-20-12-16(18-19-20)17(21)15-5-3-2-4-6-15/h2-10,12H,11H2,1H3. The summed E-state index contributed by atoms with van der Waals surface area (Å²) in [7, 11) is 0. The molecule has 104 valence electrons. The van der Waals surface area contributed by atoms with Crippen LogP contribution >= 0.6 is 0 Å². The van der Waals surface area contributed by atoms with Crippen molar-refractivity contribution in [2.24, 2.45) is 0 Å². The van der Waals surface area contributed by atoms with Crippen molar-refractivity contribution in [2.75, 3.05) is 0 Å². The van der Waals surface area contributed by atoms with Gasteiger partial charge in [0.05, 0.1) is 12.7 Å². The molecular formula is C17H15N3O. The maximum atomic E-state index is 12.2. The lowest BCUT2D eigenvalue weighted by Gasteiger charge is -2.01. The summed E-state index contributed by atoms with van der Waals surface area (Å²) in [5.41, 5.74) is 3.34. The topological polar surface area (TPSA) is 47.8 Å². The van der Waals surface area contributed by atoms with Gasteiger partial charge in [-0.15, -0.1) is 5.10 Å². The first-order valence-corrected chi connectivity index (χ1v) is 6.78. The van der Waals surface area contributed by atoms with Gasteiger partial charge in [-0.1, -0.05) is 65.4 Å². The minimum atomic E-state index is -0.106. The highest BCUT2D eigenvalue weighted by molar-refractivity contribution is 6.07. The Bertz CT molecular complexity index is 745. The molecular weight excluding hydrogens is 262 g/mol. The summed E-state index contributed by atoms with van der Waals surface area (Å²) in [6.07, 6.45) is 1.69. The maximum Gasteiger partial charge on any atom is 0.214 e. The molecule has 1 heterocycles. The third-order valence-corrected chi connectivity index (χ3v) is 3.27. The van der Waals surface area contributed by atoms with E-state index in [0.717, 1.165) is 5.56 Å². The van der Waals surface area contributed by atoms with Gasteiger partial charge in [-0.3, -0.25) is 4.79 Å². The fraction of sp³-hybridized carbons (Fsp3) is 0.118.